The van der Waals surface area contributed by atoms with Crippen molar-refractivity contribution >= 4 is 11.6 Å². The summed E-state index contributed by atoms with van der Waals surface area (Å²) in [5.41, 5.74) is 5.18. The first-order chi connectivity index (χ1) is 9.70. The van der Waals surface area contributed by atoms with Gasteiger partial charge in [-0.3, -0.25) is 10.6 Å². The van der Waals surface area contributed by atoms with Crippen LogP contribution in [0.5, 0.6) is 0 Å². The number of amides is 1. The Morgan fingerprint density at radius 3 is 2.40 bits per heavy atom. The van der Waals surface area contributed by atoms with Crippen molar-refractivity contribution < 1.29 is 4.79 Å². The molecule has 20 heavy (non-hydrogen) atoms. The number of anilines is 1. The van der Waals surface area contributed by atoms with E-state index in [1.54, 1.807) is 0 Å². The van der Waals surface area contributed by atoms with Gasteiger partial charge in [0.1, 0.15) is 0 Å². The average Bonchev–Trinajstić information content (AvgIpc) is 2.41. The van der Waals surface area contributed by atoms with Crippen LogP contribution in [0.1, 0.15) is 60.9 Å². The van der Waals surface area contributed by atoms with Gasteiger partial charge < -0.3 is 10.7 Å². The lowest BCUT2D eigenvalue weighted by Gasteiger charge is -2.21. The van der Waals surface area contributed by atoms with E-state index in [2.05, 4.69) is 10.7 Å². The molecular formula is C16H25N3O. The Balaban J connectivity index is 1.98. The van der Waals surface area contributed by atoms with Crippen molar-refractivity contribution in [3.8, 4) is 0 Å². The van der Waals surface area contributed by atoms with Gasteiger partial charge in [-0.25, -0.2) is 0 Å². The molecular weight excluding hydrogens is 250 g/mol. The first-order valence-corrected chi connectivity index (χ1v) is 7.59. The van der Waals surface area contributed by atoms with E-state index >= 15 is 0 Å². The number of carbonyl (C=O) groups is 1. The number of aryl methyl sites for hydroxylation is 1. The summed E-state index contributed by atoms with van der Waals surface area (Å²) in [6.07, 6.45) is 8.58. The van der Waals surface area contributed by atoms with E-state index in [9.17, 15) is 4.79 Å². The summed E-state index contributed by atoms with van der Waals surface area (Å²) in [7, 11) is 0. The van der Waals surface area contributed by atoms with E-state index in [4.69, 9.17) is 5.84 Å². The standard InChI is InChI=1S/C16H25N3O/c1-12-11-13(9-10-15(12)19-17)16(20)18-14-7-5-3-2-4-6-8-14/h9-11,14,19H,2-8,17H2,1H3,(H,18,20). The molecule has 1 aromatic carbocycles. The Morgan fingerprint density at radius 1 is 1.15 bits per heavy atom. The lowest BCUT2D eigenvalue weighted by molar-refractivity contribution is 0.0930. The Morgan fingerprint density at radius 2 is 1.80 bits per heavy atom. The number of benzene rings is 1. The van der Waals surface area contributed by atoms with Crippen molar-refractivity contribution in [3.63, 3.8) is 0 Å². The predicted molar refractivity (Wildman–Crippen MR) is 82.6 cm³/mol. The van der Waals surface area contributed by atoms with E-state index in [1.807, 2.05) is 25.1 Å². The molecule has 4 heteroatoms. The van der Waals surface area contributed by atoms with Gasteiger partial charge in [0.25, 0.3) is 5.91 Å². The summed E-state index contributed by atoms with van der Waals surface area (Å²) in [4.78, 5) is 12.3. The molecule has 0 atom stereocenters. The lowest BCUT2D eigenvalue weighted by Crippen LogP contribution is -2.35. The Bertz CT molecular complexity index is 451. The second kappa shape index (κ2) is 7.29. The average molecular weight is 275 g/mol. The molecule has 0 aliphatic heterocycles. The van der Waals surface area contributed by atoms with Crippen LogP contribution >= 0.6 is 0 Å². The Hall–Kier alpha value is -1.55. The maximum atomic E-state index is 12.3. The quantitative estimate of drug-likeness (QED) is 0.586. The molecule has 1 aromatic rings. The van der Waals surface area contributed by atoms with Gasteiger partial charge in [0.15, 0.2) is 0 Å². The minimum atomic E-state index is 0.0299. The van der Waals surface area contributed by atoms with Crippen molar-refractivity contribution in [1.29, 1.82) is 0 Å². The molecule has 1 amide bonds. The molecule has 1 fully saturated rings. The molecule has 0 spiro atoms. The zero-order valence-corrected chi connectivity index (χ0v) is 12.2. The van der Waals surface area contributed by atoms with Gasteiger partial charge in [-0.15, -0.1) is 0 Å². The molecule has 110 valence electrons. The molecule has 0 aromatic heterocycles. The molecule has 0 radical (unpaired) electrons. The highest BCUT2D eigenvalue weighted by molar-refractivity contribution is 5.95. The second-order valence-corrected chi connectivity index (χ2v) is 5.69. The van der Waals surface area contributed by atoms with Gasteiger partial charge in [0.05, 0.1) is 5.69 Å². The number of nitrogen functional groups attached to an aromatic ring is 1. The summed E-state index contributed by atoms with van der Waals surface area (Å²) in [5.74, 6) is 5.44. The number of hydrogen-bond acceptors (Lipinski definition) is 3. The molecule has 0 bridgehead atoms. The fourth-order valence-electron chi connectivity index (χ4n) is 2.84. The summed E-state index contributed by atoms with van der Waals surface area (Å²) in [6, 6.07) is 5.88. The number of carbonyl (C=O) groups excluding carboxylic acids is 1. The van der Waals surface area contributed by atoms with E-state index in [1.165, 1.54) is 32.1 Å². The van der Waals surface area contributed by atoms with Gasteiger partial charge in [0, 0.05) is 11.6 Å². The van der Waals surface area contributed by atoms with Crippen LogP contribution in [0.4, 0.5) is 5.69 Å². The Kier molecular flexibility index (Phi) is 5.41. The van der Waals surface area contributed by atoms with Gasteiger partial charge >= 0.3 is 0 Å². The summed E-state index contributed by atoms with van der Waals surface area (Å²) in [6.45, 7) is 1.95. The smallest absolute Gasteiger partial charge is 0.251 e. The SMILES string of the molecule is Cc1cc(C(=O)NC2CCCCCCC2)ccc1NN. The summed E-state index contributed by atoms with van der Waals surface area (Å²) >= 11 is 0. The molecule has 1 saturated carbocycles. The van der Waals surface area contributed by atoms with E-state index in [-0.39, 0.29) is 5.91 Å². The second-order valence-electron chi connectivity index (χ2n) is 5.69. The molecule has 2 rings (SSSR count). The molecule has 0 saturated heterocycles. The number of hydrogen-bond donors (Lipinski definition) is 3. The third-order valence-corrected chi connectivity index (χ3v) is 4.08. The third kappa shape index (κ3) is 3.97. The van der Waals surface area contributed by atoms with E-state index < -0.39 is 0 Å². The van der Waals surface area contributed by atoms with Crippen LogP contribution in [0, 0.1) is 6.92 Å². The molecule has 4 nitrogen and oxygen atoms in total. The first kappa shape index (κ1) is 14.9. The van der Waals surface area contributed by atoms with Gasteiger partial charge in [-0.1, -0.05) is 32.1 Å². The largest absolute Gasteiger partial charge is 0.349 e. The Labute approximate surface area is 121 Å². The van der Waals surface area contributed by atoms with E-state index in [0.29, 0.717) is 11.6 Å². The molecule has 0 heterocycles. The number of rotatable bonds is 3. The lowest BCUT2D eigenvalue weighted by atomic mass is 9.96. The van der Waals surface area contributed by atoms with Crippen molar-refractivity contribution in [3.05, 3.63) is 29.3 Å². The van der Waals surface area contributed by atoms with Crippen LogP contribution in [0.2, 0.25) is 0 Å². The fourth-order valence-corrected chi connectivity index (χ4v) is 2.84. The molecule has 1 aliphatic rings. The monoisotopic (exact) mass is 275 g/mol. The number of hydrazine groups is 1. The maximum Gasteiger partial charge on any atom is 0.251 e. The highest BCUT2D eigenvalue weighted by Crippen LogP contribution is 2.19. The third-order valence-electron chi connectivity index (χ3n) is 4.08. The maximum absolute atomic E-state index is 12.3. The first-order valence-electron chi connectivity index (χ1n) is 7.59. The van der Waals surface area contributed by atoms with Crippen LogP contribution in [-0.4, -0.2) is 11.9 Å². The topological polar surface area (TPSA) is 67.2 Å². The van der Waals surface area contributed by atoms with Crippen molar-refractivity contribution in [2.45, 2.75) is 57.9 Å². The predicted octanol–water partition coefficient (Wildman–Crippen LogP) is 3.12. The zero-order valence-electron chi connectivity index (χ0n) is 12.2. The van der Waals surface area contributed by atoms with E-state index in [0.717, 1.165) is 24.1 Å². The molecule has 4 N–H and O–H groups in total. The highest BCUT2D eigenvalue weighted by Gasteiger charge is 2.15. The summed E-state index contributed by atoms with van der Waals surface area (Å²) < 4.78 is 0. The van der Waals surface area contributed by atoms with Crippen LogP contribution in [0.15, 0.2) is 18.2 Å². The van der Waals surface area contributed by atoms with Gasteiger partial charge in [0.2, 0.25) is 0 Å². The van der Waals surface area contributed by atoms with Gasteiger partial charge in [-0.2, -0.15) is 0 Å². The zero-order chi connectivity index (χ0) is 14.4. The van der Waals surface area contributed by atoms with Crippen molar-refractivity contribution in [2.75, 3.05) is 5.43 Å². The van der Waals surface area contributed by atoms with Crippen LogP contribution < -0.4 is 16.6 Å². The normalized spacial score (nSPS) is 17.1. The summed E-state index contributed by atoms with van der Waals surface area (Å²) in [5, 5.41) is 3.18. The van der Waals surface area contributed by atoms with Gasteiger partial charge in [-0.05, 0) is 43.5 Å². The van der Waals surface area contributed by atoms with Crippen LogP contribution in [-0.2, 0) is 0 Å². The van der Waals surface area contributed by atoms with Crippen LogP contribution in [0.25, 0.3) is 0 Å². The fraction of sp³-hybridized carbons (Fsp3) is 0.562. The number of nitrogens with two attached hydrogens (primary N) is 1. The minimum Gasteiger partial charge on any atom is -0.349 e. The van der Waals surface area contributed by atoms with Crippen LogP contribution in [0.3, 0.4) is 0 Å². The molecule has 1 aliphatic carbocycles. The number of nitrogens with one attached hydrogen (secondary N) is 2. The van der Waals surface area contributed by atoms with Crippen molar-refractivity contribution in [2.24, 2.45) is 5.84 Å². The molecule has 0 unspecified atom stereocenters. The minimum absolute atomic E-state index is 0.0299. The van der Waals surface area contributed by atoms with Crippen molar-refractivity contribution in [1.82, 2.24) is 5.32 Å². The highest BCUT2D eigenvalue weighted by atomic mass is 16.1.